The van der Waals surface area contributed by atoms with Crippen molar-refractivity contribution in [1.82, 2.24) is 0 Å². The van der Waals surface area contributed by atoms with Gasteiger partial charge in [0.2, 0.25) is 0 Å². The van der Waals surface area contributed by atoms with Crippen LogP contribution < -0.4 is 0 Å². The van der Waals surface area contributed by atoms with Crippen LogP contribution in [0.5, 0.6) is 0 Å². The van der Waals surface area contributed by atoms with Crippen molar-refractivity contribution in [3.05, 3.63) is 84.4 Å². The molecule has 3 N–H and O–H groups in total. The highest BCUT2D eigenvalue weighted by Crippen LogP contribution is 2.67. The first-order chi connectivity index (χ1) is 23.3. The molecule has 0 spiro atoms. The molecule has 12 heteroatoms. The van der Waals surface area contributed by atoms with Gasteiger partial charge in [0.1, 0.15) is 18.3 Å². The zero-order valence-electron chi connectivity index (χ0n) is 28.9. The average molecular weight is 693 g/mol. The first-order valence-corrected chi connectivity index (χ1v) is 16.5. The average Bonchev–Trinajstić information content (AvgIpc) is 3.06. The molecule has 0 unspecified atom stereocenters. The monoisotopic (exact) mass is 692 g/mol. The van der Waals surface area contributed by atoms with Crippen LogP contribution in [0.4, 0.5) is 0 Å². The van der Waals surface area contributed by atoms with Crippen LogP contribution in [0.3, 0.4) is 0 Å². The van der Waals surface area contributed by atoms with Crippen molar-refractivity contribution in [2.75, 3.05) is 0 Å². The van der Waals surface area contributed by atoms with Crippen molar-refractivity contribution in [2.24, 2.45) is 28.1 Å². The van der Waals surface area contributed by atoms with Gasteiger partial charge in [0.05, 0.1) is 22.6 Å². The quantitative estimate of drug-likeness (QED) is 0.219. The Hall–Kier alpha value is -4.39. The number of aliphatic hydroxyl groups excluding tert-OH is 2. The minimum Gasteiger partial charge on any atom is -0.458 e. The van der Waals surface area contributed by atoms with Gasteiger partial charge in [-0.05, 0) is 31.2 Å². The molecular formula is C38H44O12. The van der Waals surface area contributed by atoms with Crippen LogP contribution in [-0.2, 0) is 33.3 Å². The Labute approximate surface area is 290 Å². The maximum atomic E-state index is 14.7. The van der Waals surface area contributed by atoms with Crippen molar-refractivity contribution in [2.45, 2.75) is 90.2 Å². The summed E-state index contributed by atoms with van der Waals surface area (Å²) in [5.41, 5.74) is -7.40. The number of fused-ring (bicyclic) bond motifs is 3. The van der Waals surface area contributed by atoms with Crippen molar-refractivity contribution in [1.29, 1.82) is 0 Å². The standard InChI is InChI=1S/C38H44O12/c1-8-36(6)19-24(49-32(43)22-15-11-9-12-16-22)27-37(7)28(25(41)30(48-21(3)40)38(27,46)34(36)45)35(4,5)29(42)26(47-20(2)39)31(37)50-33(44)23-17-13-10-14-18-23/h8-18,24-31,41-42,46H,1,19H2,2-7H3/t24-,25+,26+,27-,28+,29-,30-,31+,36+,37-,38-/m1/s1. The first-order valence-electron chi connectivity index (χ1n) is 16.5. The Morgan fingerprint density at radius 2 is 1.26 bits per heavy atom. The van der Waals surface area contributed by atoms with Crippen molar-refractivity contribution < 1.29 is 58.2 Å². The van der Waals surface area contributed by atoms with Gasteiger partial charge in [0.25, 0.3) is 0 Å². The van der Waals surface area contributed by atoms with E-state index in [9.17, 15) is 39.3 Å². The predicted molar refractivity (Wildman–Crippen MR) is 176 cm³/mol. The highest BCUT2D eigenvalue weighted by atomic mass is 16.6. The van der Waals surface area contributed by atoms with E-state index < -0.39 is 100.0 Å². The number of hydrogen-bond acceptors (Lipinski definition) is 12. The summed E-state index contributed by atoms with van der Waals surface area (Å²) in [5, 5.41) is 37.2. The predicted octanol–water partition coefficient (Wildman–Crippen LogP) is 3.21. The van der Waals surface area contributed by atoms with Gasteiger partial charge in [-0.2, -0.15) is 0 Å². The highest BCUT2D eigenvalue weighted by molar-refractivity contribution is 5.97. The van der Waals surface area contributed by atoms with E-state index in [1.807, 2.05) is 0 Å². The van der Waals surface area contributed by atoms with E-state index in [0.29, 0.717) is 0 Å². The molecule has 12 nitrogen and oxygen atoms in total. The van der Waals surface area contributed by atoms with E-state index in [4.69, 9.17) is 18.9 Å². The Bertz CT molecular complexity index is 1670. The second kappa shape index (κ2) is 13.1. The summed E-state index contributed by atoms with van der Waals surface area (Å²) in [6.45, 7) is 12.1. The largest absolute Gasteiger partial charge is 0.458 e. The van der Waals surface area contributed by atoms with Gasteiger partial charge >= 0.3 is 23.9 Å². The Morgan fingerprint density at radius 3 is 1.74 bits per heavy atom. The van der Waals surface area contributed by atoms with E-state index in [0.717, 1.165) is 13.8 Å². The van der Waals surface area contributed by atoms with E-state index in [1.165, 1.54) is 44.2 Å². The summed E-state index contributed by atoms with van der Waals surface area (Å²) in [6.07, 6.45) is -8.95. The van der Waals surface area contributed by atoms with E-state index >= 15 is 0 Å². The maximum Gasteiger partial charge on any atom is 0.338 e. The van der Waals surface area contributed by atoms with Crippen LogP contribution in [-0.4, -0.2) is 87.2 Å². The molecule has 2 aromatic carbocycles. The number of esters is 4. The molecule has 50 heavy (non-hydrogen) atoms. The normalized spacial score (nSPS) is 37.3. The molecule has 0 radical (unpaired) electrons. The molecule has 268 valence electrons. The lowest BCUT2D eigenvalue weighted by atomic mass is 9.38. The molecule has 2 aromatic rings. The van der Waals surface area contributed by atoms with Crippen LogP contribution in [0.25, 0.3) is 0 Å². The number of ether oxygens (including phenoxy) is 4. The lowest BCUT2D eigenvalue weighted by molar-refractivity contribution is -0.338. The molecule has 0 aliphatic heterocycles. The molecule has 3 fully saturated rings. The molecule has 3 aliphatic carbocycles. The van der Waals surface area contributed by atoms with Gasteiger partial charge in [-0.3, -0.25) is 14.4 Å². The number of benzene rings is 2. The zero-order valence-corrected chi connectivity index (χ0v) is 28.9. The summed E-state index contributed by atoms with van der Waals surface area (Å²) in [5.74, 6) is -7.18. The summed E-state index contributed by atoms with van der Waals surface area (Å²) < 4.78 is 23.6. The second-order valence-electron chi connectivity index (χ2n) is 14.7. The number of rotatable bonds is 7. The molecule has 0 bridgehead atoms. The minimum absolute atomic E-state index is 0.101. The number of allylic oxidation sites excluding steroid dienone is 1. The van der Waals surface area contributed by atoms with Crippen LogP contribution >= 0.6 is 0 Å². The van der Waals surface area contributed by atoms with E-state index in [1.54, 1.807) is 50.2 Å². The Kier molecular flexibility index (Phi) is 9.63. The van der Waals surface area contributed by atoms with Crippen molar-refractivity contribution in [3.8, 4) is 0 Å². The molecular weight excluding hydrogens is 648 g/mol. The fraction of sp³-hybridized carbons (Fsp3) is 0.500. The third-order valence-electron chi connectivity index (χ3n) is 11.1. The first kappa shape index (κ1) is 36.9. The summed E-state index contributed by atoms with van der Waals surface area (Å²) >= 11 is 0. The topological polar surface area (TPSA) is 183 Å². The third kappa shape index (κ3) is 5.72. The zero-order chi connectivity index (χ0) is 37.0. The molecule has 0 heterocycles. The van der Waals surface area contributed by atoms with Crippen molar-refractivity contribution >= 4 is 29.7 Å². The molecule has 5 rings (SSSR count). The van der Waals surface area contributed by atoms with Gasteiger partial charge in [0, 0.05) is 42.9 Å². The number of aliphatic hydroxyl groups is 3. The van der Waals surface area contributed by atoms with E-state index in [2.05, 4.69) is 6.58 Å². The summed E-state index contributed by atoms with van der Waals surface area (Å²) in [4.78, 5) is 67.5. The van der Waals surface area contributed by atoms with Gasteiger partial charge in [0.15, 0.2) is 23.6 Å². The molecule has 11 atom stereocenters. The number of carbonyl (C=O) groups excluding carboxylic acids is 5. The maximum absolute atomic E-state index is 14.7. The SMILES string of the molecule is C=C[C@@]1(C)C[C@@H](OC(=O)c2ccccc2)[C@H]2[C@](O)(C1=O)[C@H](OC(C)=O)[C@@H](O)[C@H]1C(C)(C)[C@H](O)[C@H](OC(C)=O)[C@H](OC(=O)c3ccccc3)[C@@]12C. The third-order valence-corrected chi connectivity index (χ3v) is 11.1. The summed E-state index contributed by atoms with van der Waals surface area (Å²) in [6, 6.07) is 15.9. The van der Waals surface area contributed by atoms with Crippen LogP contribution in [0.15, 0.2) is 73.3 Å². The van der Waals surface area contributed by atoms with Gasteiger partial charge < -0.3 is 34.3 Å². The second-order valence-corrected chi connectivity index (χ2v) is 14.7. The molecule has 3 saturated carbocycles. The lowest BCUT2D eigenvalue weighted by Crippen LogP contribution is -2.84. The minimum atomic E-state index is -2.80. The van der Waals surface area contributed by atoms with Gasteiger partial charge in [-0.15, -0.1) is 6.58 Å². The molecule has 0 saturated heterocycles. The van der Waals surface area contributed by atoms with Gasteiger partial charge in [-0.1, -0.05) is 63.2 Å². The van der Waals surface area contributed by atoms with Crippen LogP contribution in [0.2, 0.25) is 0 Å². The van der Waals surface area contributed by atoms with E-state index in [-0.39, 0.29) is 17.5 Å². The molecule has 3 aliphatic rings. The number of ketones is 1. The van der Waals surface area contributed by atoms with Crippen molar-refractivity contribution in [3.63, 3.8) is 0 Å². The number of carbonyl (C=O) groups is 5. The molecule has 0 amide bonds. The number of Topliss-reactive ketones (excluding diaryl/α,β-unsaturated/α-hetero) is 1. The summed E-state index contributed by atoms with van der Waals surface area (Å²) in [7, 11) is 0. The lowest BCUT2D eigenvalue weighted by Gasteiger charge is -2.70. The van der Waals surface area contributed by atoms with Crippen LogP contribution in [0, 0.1) is 28.1 Å². The van der Waals surface area contributed by atoms with Gasteiger partial charge in [-0.25, -0.2) is 9.59 Å². The number of hydrogen-bond donors (Lipinski definition) is 3. The smallest absolute Gasteiger partial charge is 0.338 e. The molecule has 0 aromatic heterocycles. The fourth-order valence-electron chi connectivity index (χ4n) is 9.08. The van der Waals surface area contributed by atoms with Crippen LogP contribution in [0.1, 0.15) is 68.7 Å². The fourth-order valence-corrected chi connectivity index (χ4v) is 9.08. The Morgan fingerprint density at radius 1 is 0.760 bits per heavy atom. The Balaban J connectivity index is 1.82. The highest BCUT2D eigenvalue weighted by Gasteiger charge is 2.81.